The highest BCUT2D eigenvalue weighted by Crippen LogP contribution is 2.18. The number of aromatic amines is 1. The van der Waals surface area contributed by atoms with Gasteiger partial charge in [-0.15, -0.1) is 0 Å². The fourth-order valence-corrected chi connectivity index (χ4v) is 4.03. The number of piperazine rings is 1. The van der Waals surface area contributed by atoms with E-state index >= 15 is 0 Å². The van der Waals surface area contributed by atoms with Crippen LogP contribution in [-0.4, -0.2) is 70.4 Å². The summed E-state index contributed by atoms with van der Waals surface area (Å²) in [7, 11) is 0. The number of aromatic nitrogens is 2. The number of fused-ring (bicyclic) bond motifs is 1. The van der Waals surface area contributed by atoms with Crippen LogP contribution in [0.4, 0.5) is 0 Å². The van der Waals surface area contributed by atoms with Gasteiger partial charge in [0.25, 0.3) is 5.91 Å². The van der Waals surface area contributed by atoms with Crippen LogP contribution >= 0.6 is 0 Å². The van der Waals surface area contributed by atoms with Gasteiger partial charge in [0.2, 0.25) is 11.8 Å². The molecule has 4 rings (SSSR count). The van der Waals surface area contributed by atoms with Crippen molar-refractivity contribution in [2.75, 3.05) is 32.7 Å². The summed E-state index contributed by atoms with van der Waals surface area (Å²) in [5, 5.41) is 11.1. The molecule has 176 valence electrons. The molecule has 8 heteroatoms. The van der Waals surface area contributed by atoms with Crippen LogP contribution in [0.15, 0.2) is 48.5 Å². The summed E-state index contributed by atoms with van der Waals surface area (Å²) in [5.41, 5.74) is 3.49. The maximum Gasteiger partial charge on any atom is 0.253 e. The molecule has 0 radical (unpaired) electrons. The van der Waals surface area contributed by atoms with Gasteiger partial charge in [0.1, 0.15) is 0 Å². The summed E-state index contributed by atoms with van der Waals surface area (Å²) in [6.07, 6.45) is 4.96. The van der Waals surface area contributed by atoms with Gasteiger partial charge in [-0.25, -0.2) is 0 Å². The van der Waals surface area contributed by atoms with E-state index in [1.165, 1.54) is 6.92 Å². The molecule has 3 aromatic rings. The SMILES string of the molecule is CC(=O)NCCCC(=O)N1CCN(C(=O)c2ccc(/C=C/c3n[nH]c4ccccc34)cc2)CC1. The number of hydrogen-bond donors (Lipinski definition) is 2. The van der Waals surface area contributed by atoms with Crippen LogP contribution in [0.2, 0.25) is 0 Å². The number of nitrogens with zero attached hydrogens (tertiary/aromatic N) is 3. The molecule has 2 N–H and O–H groups in total. The predicted octanol–water partition coefficient (Wildman–Crippen LogP) is 2.93. The second-order valence-corrected chi connectivity index (χ2v) is 8.37. The van der Waals surface area contributed by atoms with Gasteiger partial charge in [0.15, 0.2) is 0 Å². The Morgan fingerprint density at radius 2 is 1.68 bits per heavy atom. The number of amides is 3. The smallest absolute Gasteiger partial charge is 0.253 e. The number of rotatable bonds is 7. The lowest BCUT2D eigenvalue weighted by atomic mass is 10.1. The first-order valence-electron chi connectivity index (χ1n) is 11.5. The van der Waals surface area contributed by atoms with Crippen LogP contribution in [0.25, 0.3) is 23.1 Å². The van der Waals surface area contributed by atoms with Crippen molar-refractivity contribution in [2.45, 2.75) is 19.8 Å². The molecular formula is C26H29N5O3. The summed E-state index contributed by atoms with van der Waals surface area (Å²) in [6.45, 7) is 4.06. The molecule has 2 aromatic carbocycles. The van der Waals surface area contributed by atoms with Crippen molar-refractivity contribution < 1.29 is 14.4 Å². The van der Waals surface area contributed by atoms with Crippen LogP contribution in [0.5, 0.6) is 0 Å². The zero-order chi connectivity index (χ0) is 23.9. The summed E-state index contributed by atoms with van der Waals surface area (Å²) >= 11 is 0. The van der Waals surface area contributed by atoms with Crippen molar-refractivity contribution in [3.8, 4) is 0 Å². The Labute approximate surface area is 198 Å². The standard InChI is InChI=1S/C26H29N5O3/c1-19(32)27-14-4-7-25(33)30-15-17-31(18-16-30)26(34)21-11-8-20(9-12-21)10-13-24-22-5-2-3-6-23(22)28-29-24/h2-3,5-6,8-13H,4,7,14-18H2,1H3,(H,27,32)(H,28,29)/b13-10+. The van der Waals surface area contributed by atoms with Crippen molar-refractivity contribution in [1.29, 1.82) is 0 Å². The fourth-order valence-electron chi connectivity index (χ4n) is 4.03. The molecule has 0 unspecified atom stereocenters. The zero-order valence-electron chi connectivity index (χ0n) is 19.3. The third-order valence-electron chi connectivity index (χ3n) is 5.95. The zero-order valence-corrected chi connectivity index (χ0v) is 19.3. The lowest BCUT2D eigenvalue weighted by Crippen LogP contribution is -2.50. The van der Waals surface area contributed by atoms with Crippen LogP contribution < -0.4 is 5.32 Å². The van der Waals surface area contributed by atoms with Crippen LogP contribution in [0.1, 0.15) is 41.4 Å². The number of nitrogens with one attached hydrogen (secondary N) is 2. The van der Waals surface area contributed by atoms with Gasteiger partial charge in [-0.05, 0) is 36.3 Å². The maximum absolute atomic E-state index is 12.9. The number of para-hydroxylation sites is 1. The fraction of sp³-hybridized carbons (Fsp3) is 0.308. The van der Waals surface area contributed by atoms with E-state index in [0.29, 0.717) is 51.1 Å². The lowest BCUT2D eigenvalue weighted by molar-refractivity contribution is -0.133. The summed E-state index contributed by atoms with van der Waals surface area (Å²) < 4.78 is 0. The van der Waals surface area contributed by atoms with Crippen molar-refractivity contribution >= 4 is 40.8 Å². The number of carbonyl (C=O) groups is 3. The van der Waals surface area contributed by atoms with Gasteiger partial charge in [0.05, 0.1) is 11.2 Å². The molecule has 0 aliphatic carbocycles. The highest BCUT2D eigenvalue weighted by atomic mass is 16.2. The summed E-state index contributed by atoms with van der Waals surface area (Å²) in [4.78, 5) is 39.7. The third-order valence-corrected chi connectivity index (χ3v) is 5.95. The molecule has 0 atom stereocenters. The van der Waals surface area contributed by atoms with E-state index in [-0.39, 0.29) is 17.7 Å². The average Bonchev–Trinajstić information content (AvgIpc) is 3.28. The van der Waals surface area contributed by atoms with Crippen LogP contribution in [0.3, 0.4) is 0 Å². The van der Waals surface area contributed by atoms with Gasteiger partial charge in [-0.3, -0.25) is 19.5 Å². The molecule has 1 aliphatic heterocycles. The molecule has 1 fully saturated rings. The molecule has 2 heterocycles. The molecule has 1 aromatic heterocycles. The average molecular weight is 460 g/mol. The van der Waals surface area contributed by atoms with Crippen molar-refractivity contribution in [3.05, 3.63) is 65.4 Å². The van der Waals surface area contributed by atoms with E-state index in [9.17, 15) is 14.4 Å². The van der Waals surface area contributed by atoms with Crippen LogP contribution in [-0.2, 0) is 9.59 Å². The van der Waals surface area contributed by atoms with E-state index in [0.717, 1.165) is 22.2 Å². The second-order valence-electron chi connectivity index (χ2n) is 8.37. The molecule has 0 spiro atoms. The second kappa shape index (κ2) is 10.8. The predicted molar refractivity (Wildman–Crippen MR) is 132 cm³/mol. The van der Waals surface area contributed by atoms with Crippen molar-refractivity contribution in [1.82, 2.24) is 25.3 Å². The van der Waals surface area contributed by atoms with Gasteiger partial charge >= 0.3 is 0 Å². The molecule has 1 aliphatic rings. The summed E-state index contributed by atoms with van der Waals surface area (Å²) in [6, 6.07) is 15.5. The van der Waals surface area contributed by atoms with E-state index in [2.05, 4.69) is 15.5 Å². The minimum atomic E-state index is -0.0880. The van der Waals surface area contributed by atoms with Gasteiger partial charge in [-0.2, -0.15) is 5.10 Å². The first-order chi connectivity index (χ1) is 16.5. The quantitative estimate of drug-likeness (QED) is 0.531. The largest absolute Gasteiger partial charge is 0.356 e. The van der Waals surface area contributed by atoms with Crippen LogP contribution in [0, 0.1) is 0 Å². The Bertz CT molecular complexity index is 1190. The maximum atomic E-state index is 12.9. The molecule has 34 heavy (non-hydrogen) atoms. The molecular weight excluding hydrogens is 430 g/mol. The first-order valence-corrected chi connectivity index (χ1v) is 11.5. The Kier molecular flexibility index (Phi) is 7.37. The van der Waals surface area contributed by atoms with E-state index in [1.54, 1.807) is 9.80 Å². The number of benzene rings is 2. The number of H-pyrrole nitrogens is 1. The monoisotopic (exact) mass is 459 g/mol. The van der Waals surface area contributed by atoms with Gasteiger partial charge in [-0.1, -0.05) is 36.4 Å². The Balaban J connectivity index is 1.28. The number of carbonyl (C=O) groups excluding carboxylic acids is 3. The minimum Gasteiger partial charge on any atom is -0.356 e. The molecule has 1 saturated heterocycles. The topological polar surface area (TPSA) is 98.4 Å². The minimum absolute atomic E-state index is 0.0217. The molecule has 3 amide bonds. The highest BCUT2D eigenvalue weighted by molar-refractivity contribution is 5.95. The highest BCUT2D eigenvalue weighted by Gasteiger charge is 2.24. The van der Waals surface area contributed by atoms with E-state index in [1.807, 2.05) is 60.7 Å². The first kappa shape index (κ1) is 23.2. The Hall–Kier alpha value is -3.94. The van der Waals surface area contributed by atoms with E-state index < -0.39 is 0 Å². The lowest BCUT2D eigenvalue weighted by Gasteiger charge is -2.35. The van der Waals surface area contributed by atoms with E-state index in [4.69, 9.17) is 0 Å². The molecule has 0 saturated carbocycles. The summed E-state index contributed by atoms with van der Waals surface area (Å²) in [5.74, 6) is -0.0419. The molecule has 0 bridgehead atoms. The Morgan fingerprint density at radius 1 is 0.971 bits per heavy atom. The van der Waals surface area contributed by atoms with Crippen molar-refractivity contribution in [3.63, 3.8) is 0 Å². The van der Waals surface area contributed by atoms with Crippen molar-refractivity contribution in [2.24, 2.45) is 0 Å². The number of hydrogen-bond acceptors (Lipinski definition) is 4. The van der Waals surface area contributed by atoms with Gasteiger partial charge in [0, 0.05) is 57.0 Å². The normalized spacial score (nSPS) is 14.0. The van der Waals surface area contributed by atoms with Gasteiger partial charge < -0.3 is 15.1 Å². The molecule has 8 nitrogen and oxygen atoms in total. The third kappa shape index (κ3) is 5.70. The Morgan fingerprint density at radius 3 is 2.41 bits per heavy atom.